The van der Waals surface area contributed by atoms with Crippen molar-refractivity contribution in [3.05, 3.63) is 35.4 Å². The van der Waals surface area contributed by atoms with Crippen molar-refractivity contribution in [2.24, 2.45) is 0 Å². The van der Waals surface area contributed by atoms with Crippen LogP contribution in [0.1, 0.15) is 28.9 Å². The minimum atomic E-state index is 0.391. The van der Waals surface area contributed by atoms with Gasteiger partial charge in [0.25, 0.3) is 0 Å². The number of hydrogen-bond acceptors (Lipinski definition) is 3. The molecule has 2 rings (SSSR count). The van der Waals surface area contributed by atoms with Gasteiger partial charge in [-0.3, -0.25) is 9.69 Å². The van der Waals surface area contributed by atoms with E-state index in [2.05, 4.69) is 23.2 Å². The van der Waals surface area contributed by atoms with Gasteiger partial charge in [0.05, 0.1) is 0 Å². The first-order chi connectivity index (χ1) is 7.81. The molecule has 0 radical (unpaired) electrons. The highest BCUT2D eigenvalue weighted by Crippen LogP contribution is 2.20. The molecule has 3 heteroatoms. The minimum Gasteiger partial charge on any atom is -0.314 e. The van der Waals surface area contributed by atoms with E-state index >= 15 is 0 Å². The Balaban J connectivity index is 2.12. The summed E-state index contributed by atoms with van der Waals surface area (Å²) in [6.45, 7) is 6.46. The van der Waals surface area contributed by atoms with Crippen LogP contribution < -0.4 is 5.32 Å². The van der Waals surface area contributed by atoms with Crippen LogP contribution in [0.4, 0.5) is 0 Å². The number of nitrogens with one attached hydrogen (secondary N) is 1. The molecule has 3 nitrogen and oxygen atoms in total. The number of nitrogens with zero attached hydrogens (tertiary/aromatic N) is 1. The molecule has 1 saturated heterocycles. The lowest BCUT2D eigenvalue weighted by atomic mass is 10.0. The van der Waals surface area contributed by atoms with E-state index < -0.39 is 0 Å². The third-order valence-corrected chi connectivity index (χ3v) is 3.23. The minimum absolute atomic E-state index is 0.391. The number of rotatable bonds is 3. The first-order valence-electron chi connectivity index (χ1n) is 5.81. The molecule has 1 aliphatic rings. The Morgan fingerprint density at radius 1 is 1.38 bits per heavy atom. The standard InChI is InChI=1S/C13H18N2O/c1-11(15-7-5-14-6-8-15)13-4-2-3-12(9-13)10-16/h2-4,9-11,14H,5-8H2,1H3. The quantitative estimate of drug-likeness (QED) is 0.780. The molecule has 16 heavy (non-hydrogen) atoms. The first-order valence-corrected chi connectivity index (χ1v) is 5.81. The Labute approximate surface area is 96.5 Å². The Morgan fingerprint density at radius 2 is 2.12 bits per heavy atom. The first kappa shape index (κ1) is 11.3. The molecule has 1 unspecified atom stereocenters. The summed E-state index contributed by atoms with van der Waals surface area (Å²) >= 11 is 0. The van der Waals surface area contributed by atoms with Gasteiger partial charge < -0.3 is 5.32 Å². The molecule has 0 spiro atoms. The van der Waals surface area contributed by atoms with Gasteiger partial charge in [0.2, 0.25) is 0 Å². The zero-order valence-corrected chi connectivity index (χ0v) is 9.65. The van der Waals surface area contributed by atoms with E-state index in [4.69, 9.17) is 0 Å². The molecule has 1 fully saturated rings. The molecule has 1 aromatic carbocycles. The summed E-state index contributed by atoms with van der Waals surface area (Å²) in [4.78, 5) is 13.2. The van der Waals surface area contributed by atoms with Crippen molar-refractivity contribution in [1.29, 1.82) is 0 Å². The number of carbonyl (C=O) groups excluding carboxylic acids is 1. The van der Waals surface area contributed by atoms with Gasteiger partial charge in [0.15, 0.2) is 0 Å². The lowest BCUT2D eigenvalue weighted by Crippen LogP contribution is -2.44. The van der Waals surface area contributed by atoms with Crippen LogP contribution in [0.25, 0.3) is 0 Å². The van der Waals surface area contributed by atoms with Gasteiger partial charge >= 0.3 is 0 Å². The highest BCUT2D eigenvalue weighted by atomic mass is 16.1. The van der Waals surface area contributed by atoms with Gasteiger partial charge in [0, 0.05) is 37.8 Å². The number of piperazine rings is 1. The smallest absolute Gasteiger partial charge is 0.150 e. The van der Waals surface area contributed by atoms with Crippen molar-refractivity contribution in [2.45, 2.75) is 13.0 Å². The molecule has 1 heterocycles. The van der Waals surface area contributed by atoms with E-state index in [1.807, 2.05) is 18.2 Å². The molecule has 0 aromatic heterocycles. The van der Waals surface area contributed by atoms with Crippen molar-refractivity contribution in [1.82, 2.24) is 10.2 Å². The van der Waals surface area contributed by atoms with Crippen LogP contribution in [0, 0.1) is 0 Å². The van der Waals surface area contributed by atoms with Gasteiger partial charge in [-0.25, -0.2) is 0 Å². The SMILES string of the molecule is CC(c1cccc(C=O)c1)N1CCNCC1. The van der Waals surface area contributed by atoms with E-state index in [1.165, 1.54) is 5.56 Å². The molecule has 0 bridgehead atoms. The maximum atomic E-state index is 10.7. The van der Waals surface area contributed by atoms with Gasteiger partial charge in [-0.1, -0.05) is 18.2 Å². The van der Waals surface area contributed by atoms with Crippen LogP contribution in [0.3, 0.4) is 0 Å². The van der Waals surface area contributed by atoms with Crippen molar-refractivity contribution < 1.29 is 4.79 Å². The normalized spacial score (nSPS) is 19.3. The summed E-state index contributed by atoms with van der Waals surface area (Å²) < 4.78 is 0. The molecular weight excluding hydrogens is 200 g/mol. The van der Waals surface area contributed by atoms with E-state index in [-0.39, 0.29) is 0 Å². The lowest BCUT2D eigenvalue weighted by molar-refractivity contribution is 0.112. The summed E-state index contributed by atoms with van der Waals surface area (Å²) in [5.41, 5.74) is 1.99. The summed E-state index contributed by atoms with van der Waals surface area (Å²) in [5, 5.41) is 3.35. The summed E-state index contributed by atoms with van der Waals surface area (Å²) in [6, 6.07) is 8.28. The van der Waals surface area contributed by atoms with Gasteiger partial charge in [-0.15, -0.1) is 0 Å². The molecule has 1 aliphatic heterocycles. The fourth-order valence-corrected chi connectivity index (χ4v) is 2.17. The van der Waals surface area contributed by atoms with Crippen LogP contribution in [-0.4, -0.2) is 37.4 Å². The molecule has 1 N–H and O–H groups in total. The Hall–Kier alpha value is -1.19. The number of benzene rings is 1. The largest absolute Gasteiger partial charge is 0.314 e. The zero-order chi connectivity index (χ0) is 11.4. The van der Waals surface area contributed by atoms with Gasteiger partial charge in [-0.2, -0.15) is 0 Å². The van der Waals surface area contributed by atoms with Crippen LogP contribution in [0.15, 0.2) is 24.3 Å². The highest BCUT2D eigenvalue weighted by Gasteiger charge is 2.17. The van der Waals surface area contributed by atoms with Gasteiger partial charge in [-0.05, 0) is 18.6 Å². The van der Waals surface area contributed by atoms with Crippen LogP contribution in [0.2, 0.25) is 0 Å². The molecule has 86 valence electrons. The third-order valence-electron chi connectivity index (χ3n) is 3.23. The van der Waals surface area contributed by atoms with E-state index in [9.17, 15) is 4.79 Å². The molecular formula is C13H18N2O. The zero-order valence-electron chi connectivity index (χ0n) is 9.65. The fraction of sp³-hybridized carbons (Fsp3) is 0.462. The number of carbonyl (C=O) groups is 1. The maximum Gasteiger partial charge on any atom is 0.150 e. The predicted molar refractivity (Wildman–Crippen MR) is 64.7 cm³/mol. The summed E-state index contributed by atoms with van der Waals surface area (Å²) in [5.74, 6) is 0. The summed E-state index contributed by atoms with van der Waals surface area (Å²) in [6.07, 6.45) is 0.911. The average molecular weight is 218 g/mol. The van der Waals surface area contributed by atoms with Crippen LogP contribution in [-0.2, 0) is 0 Å². The molecule has 1 atom stereocenters. The Kier molecular flexibility index (Phi) is 3.70. The number of aldehydes is 1. The van der Waals surface area contributed by atoms with E-state index in [1.54, 1.807) is 0 Å². The van der Waals surface area contributed by atoms with Crippen molar-refractivity contribution in [3.63, 3.8) is 0 Å². The second-order valence-electron chi connectivity index (χ2n) is 4.25. The van der Waals surface area contributed by atoms with E-state index in [0.29, 0.717) is 6.04 Å². The van der Waals surface area contributed by atoms with Crippen LogP contribution >= 0.6 is 0 Å². The maximum absolute atomic E-state index is 10.7. The molecule has 0 aliphatic carbocycles. The average Bonchev–Trinajstić information content (AvgIpc) is 2.39. The Bertz CT molecular complexity index is 359. The van der Waals surface area contributed by atoms with Crippen molar-refractivity contribution >= 4 is 6.29 Å². The highest BCUT2D eigenvalue weighted by molar-refractivity contribution is 5.74. The predicted octanol–water partition coefficient (Wildman–Crippen LogP) is 1.47. The van der Waals surface area contributed by atoms with Crippen molar-refractivity contribution in [2.75, 3.05) is 26.2 Å². The number of hydrogen-bond donors (Lipinski definition) is 1. The van der Waals surface area contributed by atoms with Crippen LogP contribution in [0.5, 0.6) is 0 Å². The topological polar surface area (TPSA) is 32.3 Å². The molecule has 0 amide bonds. The third kappa shape index (κ3) is 2.49. The molecule has 1 aromatic rings. The second kappa shape index (κ2) is 5.23. The lowest BCUT2D eigenvalue weighted by Gasteiger charge is -2.33. The van der Waals surface area contributed by atoms with Crippen molar-refractivity contribution in [3.8, 4) is 0 Å². The molecule has 0 saturated carbocycles. The monoisotopic (exact) mass is 218 g/mol. The van der Waals surface area contributed by atoms with Gasteiger partial charge in [0.1, 0.15) is 6.29 Å². The second-order valence-corrected chi connectivity index (χ2v) is 4.25. The van der Waals surface area contributed by atoms with E-state index in [0.717, 1.165) is 38.0 Å². The summed E-state index contributed by atoms with van der Waals surface area (Å²) in [7, 11) is 0. The fourth-order valence-electron chi connectivity index (χ4n) is 2.17. The Morgan fingerprint density at radius 3 is 2.81 bits per heavy atom.